The van der Waals surface area contributed by atoms with Crippen molar-refractivity contribution in [2.75, 3.05) is 0 Å². The summed E-state index contributed by atoms with van der Waals surface area (Å²) in [5, 5.41) is 11.3. The van der Waals surface area contributed by atoms with Gasteiger partial charge in [-0.05, 0) is 41.8 Å². The molecule has 0 unspecified atom stereocenters. The van der Waals surface area contributed by atoms with Crippen molar-refractivity contribution >= 4 is 45.8 Å². The maximum absolute atomic E-state index is 12.8. The lowest BCUT2D eigenvalue weighted by Crippen LogP contribution is -2.08. The van der Waals surface area contributed by atoms with Crippen molar-refractivity contribution < 1.29 is 14.7 Å². The average molecular weight is 397 g/mol. The van der Waals surface area contributed by atoms with Gasteiger partial charge in [0.1, 0.15) is 0 Å². The van der Waals surface area contributed by atoms with Gasteiger partial charge in [0.15, 0.2) is 0 Å². The van der Waals surface area contributed by atoms with Gasteiger partial charge >= 0.3 is 5.97 Å². The second-order valence-corrected chi connectivity index (χ2v) is 8.60. The molecule has 3 heterocycles. The normalized spacial score (nSPS) is 10.8. The van der Waals surface area contributed by atoms with Crippen LogP contribution in [-0.2, 0) is 0 Å². The van der Waals surface area contributed by atoms with Gasteiger partial charge in [0.2, 0.25) is 5.78 Å². The molecule has 6 heteroatoms. The van der Waals surface area contributed by atoms with Crippen molar-refractivity contribution in [2.45, 2.75) is 0 Å². The molecule has 0 aliphatic carbocycles. The van der Waals surface area contributed by atoms with Gasteiger partial charge in [-0.15, -0.1) is 34.0 Å². The molecule has 0 bridgehead atoms. The Bertz CT molecular complexity index is 1090. The zero-order valence-electron chi connectivity index (χ0n) is 13.3. The number of carbonyl (C=O) groups is 2. The minimum atomic E-state index is -1.09. The summed E-state index contributed by atoms with van der Waals surface area (Å²) in [6, 6.07) is 18.3. The van der Waals surface area contributed by atoms with Crippen LogP contribution in [0.25, 0.3) is 19.5 Å². The number of hydrogen-bond donors (Lipinski definition) is 1. The Morgan fingerprint density at radius 1 is 0.692 bits per heavy atom. The molecule has 0 atom stereocenters. The van der Waals surface area contributed by atoms with Crippen LogP contribution in [0.2, 0.25) is 0 Å². The molecule has 0 fully saturated rings. The van der Waals surface area contributed by atoms with E-state index in [1.54, 1.807) is 46.9 Å². The number of benzene rings is 1. The lowest BCUT2D eigenvalue weighted by Gasteiger charge is -2.02. The Hall–Kier alpha value is -2.54. The molecular weight excluding hydrogens is 384 g/mol. The van der Waals surface area contributed by atoms with Crippen molar-refractivity contribution in [2.24, 2.45) is 0 Å². The first-order valence-electron chi connectivity index (χ1n) is 7.74. The number of thiophene rings is 3. The maximum atomic E-state index is 12.8. The predicted octanol–water partition coefficient (Wildman–Crippen LogP) is 6.13. The summed E-state index contributed by atoms with van der Waals surface area (Å²) in [6.45, 7) is 0. The monoisotopic (exact) mass is 396 g/mol. The van der Waals surface area contributed by atoms with Crippen molar-refractivity contribution in [3.8, 4) is 19.5 Å². The van der Waals surface area contributed by atoms with Crippen molar-refractivity contribution in [1.82, 2.24) is 0 Å². The third kappa shape index (κ3) is 3.14. The van der Waals surface area contributed by atoms with Gasteiger partial charge in [-0.3, -0.25) is 4.79 Å². The van der Waals surface area contributed by atoms with Crippen molar-refractivity contribution in [1.29, 1.82) is 0 Å². The highest BCUT2D eigenvalue weighted by Gasteiger charge is 2.19. The fourth-order valence-electron chi connectivity index (χ4n) is 2.61. The number of hydrogen-bond acceptors (Lipinski definition) is 5. The van der Waals surface area contributed by atoms with Crippen LogP contribution in [0.1, 0.15) is 25.6 Å². The summed E-state index contributed by atoms with van der Waals surface area (Å²) in [5.41, 5.74) is 0.252. The van der Waals surface area contributed by atoms with E-state index in [2.05, 4.69) is 23.6 Å². The highest BCUT2D eigenvalue weighted by atomic mass is 32.1. The van der Waals surface area contributed by atoms with Crippen molar-refractivity contribution in [3.05, 3.63) is 82.0 Å². The van der Waals surface area contributed by atoms with Crippen LogP contribution in [0, 0.1) is 0 Å². The first-order valence-corrected chi connectivity index (χ1v) is 10.3. The smallest absolute Gasteiger partial charge is 0.336 e. The standard InChI is InChI=1S/C20H12O3S3/c21-19(12-4-1-2-5-13(12)20(22)23)18-10-9-17(26-18)16-8-7-15(25-16)14-6-3-11-24-14/h1-11H,(H,22,23). The topological polar surface area (TPSA) is 54.4 Å². The van der Waals surface area contributed by atoms with Gasteiger partial charge in [-0.25, -0.2) is 4.79 Å². The van der Waals surface area contributed by atoms with E-state index in [-0.39, 0.29) is 16.9 Å². The van der Waals surface area contributed by atoms with Gasteiger partial charge < -0.3 is 5.11 Å². The van der Waals surface area contributed by atoms with Gasteiger partial charge in [-0.1, -0.05) is 24.3 Å². The first-order chi connectivity index (χ1) is 12.6. The fraction of sp³-hybridized carbons (Fsp3) is 0. The molecule has 3 nitrogen and oxygen atoms in total. The molecule has 0 amide bonds. The van der Waals surface area contributed by atoms with Gasteiger partial charge in [0, 0.05) is 25.1 Å². The minimum absolute atomic E-state index is 0.0311. The Kier molecular flexibility index (Phi) is 4.55. The number of carbonyl (C=O) groups excluding carboxylic acids is 1. The summed E-state index contributed by atoms with van der Waals surface area (Å²) >= 11 is 4.78. The highest BCUT2D eigenvalue weighted by Crippen LogP contribution is 2.39. The summed E-state index contributed by atoms with van der Waals surface area (Å²) < 4.78 is 0. The molecule has 0 saturated carbocycles. The van der Waals surface area contributed by atoms with E-state index in [0.29, 0.717) is 4.88 Å². The van der Waals surface area contributed by atoms with Crippen LogP contribution >= 0.6 is 34.0 Å². The van der Waals surface area contributed by atoms with Crippen LogP contribution in [0.5, 0.6) is 0 Å². The van der Waals surface area contributed by atoms with Crippen molar-refractivity contribution in [3.63, 3.8) is 0 Å². The summed E-state index contributed by atoms with van der Waals surface area (Å²) in [5.74, 6) is -1.35. The Morgan fingerprint density at radius 3 is 2.04 bits per heavy atom. The Morgan fingerprint density at radius 2 is 1.35 bits per heavy atom. The van der Waals surface area contributed by atoms with E-state index >= 15 is 0 Å². The average Bonchev–Trinajstić information content (AvgIpc) is 3.41. The number of carboxylic acids is 1. The lowest BCUT2D eigenvalue weighted by molar-refractivity contribution is 0.0693. The molecule has 0 spiro atoms. The van der Waals surface area contributed by atoms with Gasteiger partial charge in [0.05, 0.1) is 10.4 Å². The van der Waals surface area contributed by atoms with E-state index in [1.807, 2.05) is 12.1 Å². The van der Waals surface area contributed by atoms with E-state index < -0.39 is 5.97 Å². The zero-order chi connectivity index (χ0) is 18.1. The largest absolute Gasteiger partial charge is 0.478 e. The Labute approximate surface area is 161 Å². The fourth-order valence-corrected chi connectivity index (χ4v) is 5.51. The molecule has 4 aromatic rings. The van der Waals surface area contributed by atoms with Crippen LogP contribution in [-0.4, -0.2) is 16.9 Å². The van der Waals surface area contributed by atoms with Crippen LogP contribution < -0.4 is 0 Å². The van der Waals surface area contributed by atoms with E-state index in [0.717, 1.165) is 9.75 Å². The molecule has 0 saturated heterocycles. The highest BCUT2D eigenvalue weighted by molar-refractivity contribution is 7.26. The number of ketones is 1. The van der Waals surface area contributed by atoms with Crippen LogP contribution in [0.3, 0.4) is 0 Å². The molecule has 4 rings (SSSR count). The van der Waals surface area contributed by atoms with Crippen LogP contribution in [0.15, 0.2) is 66.0 Å². The molecular formula is C20H12O3S3. The number of carboxylic acid groups (broad SMARTS) is 1. The van der Waals surface area contributed by atoms with Gasteiger partial charge in [-0.2, -0.15) is 0 Å². The Balaban J connectivity index is 1.65. The second kappa shape index (κ2) is 6.99. The quantitative estimate of drug-likeness (QED) is 0.413. The predicted molar refractivity (Wildman–Crippen MR) is 108 cm³/mol. The molecule has 128 valence electrons. The molecule has 1 N–H and O–H groups in total. The maximum Gasteiger partial charge on any atom is 0.336 e. The first kappa shape index (κ1) is 16.9. The summed E-state index contributed by atoms with van der Waals surface area (Å²) in [7, 11) is 0. The summed E-state index contributed by atoms with van der Waals surface area (Å²) in [4.78, 5) is 29.2. The van der Waals surface area contributed by atoms with E-state index in [4.69, 9.17) is 0 Å². The second-order valence-electron chi connectivity index (χ2n) is 5.48. The van der Waals surface area contributed by atoms with Crippen LogP contribution in [0.4, 0.5) is 0 Å². The molecule has 1 aromatic carbocycles. The van der Waals surface area contributed by atoms with Gasteiger partial charge in [0.25, 0.3) is 0 Å². The number of rotatable bonds is 5. The SMILES string of the molecule is O=C(O)c1ccccc1C(=O)c1ccc(-c2ccc(-c3cccs3)s2)s1. The molecule has 0 aliphatic rings. The zero-order valence-corrected chi connectivity index (χ0v) is 15.8. The lowest BCUT2D eigenvalue weighted by atomic mass is 10.0. The third-order valence-electron chi connectivity index (χ3n) is 3.84. The summed E-state index contributed by atoms with van der Waals surface area (Å²) in [6.07, 6.45) is 0. The minimum Gasteiger partial charge on any atom is -0.478 e. The third-order valence-corrected chi connectivity index (χ3v) is 7.28. The molecule has 0 aliphatic heterocycles. The molecule has 0 radical (unpaired) electrons. The van der Waals surface area contributed by atoms with E-state index in [1.165, 1.54) is 27.2 Å². The molecule has 26 heavy (non-hydrogen) atoms. The molecule has 3 aromatic heterocycles. The number of aromatic carboxylic acids is 1. The van der Waals surface area contributed by atoms with E-state index in [9.17, 15) is 14.7 Å².